The van der Waals surface area contributed by atoms with E-state index in [0.29, 0.717) is 12.4 Å². The Balaban J connectivity index is 1.56. The van der Waals surface area contributed by atoms with E-state index in [0.717, 1.165) is 54.8 Å². The fourth-order valence-corrected chi connectivity index (χ4v) is 4.33. The van der Waals surface area contributed by atoms with E-state index in [2.05, 4.69) is 42.5 Å². The molecule has 0 atom stereocenters. The molecule has 1 saturated heterocycles. The Morgan fingerprint density at radius 2 is 1.88 bits per heavy atom. The Morgan fingerprint density at radius 3 is 2.62 bits per heavy atom. The summed E-state index contributed by atoms with van der Waals surface area (Å²) in [5.41, 5.74) is 4.27. The van der Waals surface area contributed by atoms with Crippen LogP contribution in [0.3, 0.4) is 0 Å². The minimum atomic E-state index is -0.0745. The molecule has 0 spiro atoms. The Labute approximate surface area is 189 Å². The molecule has 0 radical (unpaired) electrons. The number of aromatic nitrogens is 4. The van der Waals surface area contributed by atoms with Crippen LogP contribution in [0.25, 0.3) is 22.0 Å². The van der Waals surface area contributed by atoms with Crippen molar-refractivity contribution in [1.82, 2.24) is 29.8 Å². The highest BCUT2D eigenvalue weighted by atomic mass is 16.2. The predicted molar refractivity (Wildman–Crippen MR) is 127 cm³/mol. The average Bonchev–Trinajstić information content (AvgIpc) is 3.17. The number of benzene rings is 1. The van der Waals surface area contributed by atoms with Crippen molar-refractivity contribution in [2.45, 2.75) is 39.7 Å². The number of piperidine rings is 1. The molecule has 0 saturated carbocycles. The van der Waals surface area contributed by atoms with E-state index in [9.17, 15) is 4.79 Å². The smallest absolute Gasteiger partial charge is 0.239 e. The number of aryl methyl sites for hydroxylation is 1. The highest BCUT2D eigenvalue weighted by molar-refractivity contribution is 5.93. The van der Waals surface area contributed by atoms with E-state index >= 15 is 0 Å². The summed E-state index contributed by atoms with van der Waals surface area (Å²) in [6.07, 6.45) is 5.81. The zero-order chi connectivity index (χ0) is 22.5. The monoisotopic (exact) mass is 435 g/mol. The number of fused-ring (bicyclic) bond motifs is 1. The standard InChI is InChI=1S/C24H33N7O/c1-4-30(5-2)17-24(32)26-23-14-19-13-18(9-10-21(19)27-28-23)20-15-25-29(3)22(20)16-31-11-7-6-8-12-31/h9-10,13-15H,4-8,11-12,16-17H2,1-3H3,(H,26,28,32). The largest absolute Gasteiger partial charge is 0.308 e. The van der Waals surface area contributed by atoms with Crippen molar-refractivity contribution in [3.8, 4) is 11.1 Å². The second-order valence-electron chi connectivity index (χ2n) is 8.48. The Bertz CT molecular complexity index is 1070. The van der Waals surface area contributed by atoms with Gasteiger partial charge in [-0.05, 0) is 62.8 Å². The lowest BCUT2D eigenvalue weighted by Gasteiger charge is -2.26. The van der Waals surface area contributed by atoms with Gasteiger partial charge in [-0.15, -0.1) is 10.2 Å². The van der Waals surface area contributed by atoms with Crippen molar-refractivity contribution in [3.05, 3.63) is 36.2 Å². The summed E-state index contributed by atoms with van der Waals surface area (Å²) in [7, 11) is 2.01. The van der Waals surface area contributed by atoms with Gasteiger partial charge in [0.05, 0.1) is 24.0 Å². The van der Waals surface area contributed by atoms with Crippen LogP contribution >= 0.6 is 0 Å². The maximum atomic E-state index is 12.4. The van der Waals surface area contributed by atoms with Crippen LogP contribution in [-0.2, 0) is 18.4 Å². The van der Waals surface area contributed by atoms with Crippen LogP contribution in [0.5, 0.6) is 0 Å². The maximum Gasteiger partial charge on any atom is 0.239 e. The van der Waals surface area contributed by atoms with Gasteiger partial charge in [0.25, 0.3) is 0 Å². The number of likely N-dealkylation sites (N-methyl/N-ethyl adjacent to an activating group) is 1. The SMILES string of the molecule is CCN(CC)CC(=O)Nc1cc2cc(-c3cnn(C)c3CN3CCCCC3)ccc2nn1. The molecule has 3 aromatic rings. The minimum absolute atomic E-state index is 0.0745. The molecule has 170 valence electrons. The van der Waals surface area contributed by atoms with Gasteiger partial charge in [-0.1, -0.05) is 26.3 Å². The third-order valence-electron chi connectivity index (χ3n) is 6.31. The third-order valence-corrected chi connectivity index (χ3v) is 6.31. The number of amides is 1. The molecule has 8 nitrogen and oxygen atoms in total. The first kappa shape index (κ1) is 22.4. The quantitative estimate of drug-likeness (QED) is 0.585. The third kappa shape index (κ3) is 5.14. The van der Waals surface area contributed by atoms with E-state index in [1.807, 2.05) is 43.9 Å². The van der Waals surface area contributed by atoms with E-state index in [1.54, 1.807) is 0 Å². The van der Waals surface area contributed by atoms with Crippen molar-refractivity contribution in [3.63, 3.8) is 0 Å². The molecule has 1 N–H and O–H groups in total. The molecule has 1 aliphatic heterocycles. The first-order chi connectivity index (χ1) is 15.6. The molecule has 8 heteroatoms. The first-order valence-corrected chi connectivity index (χ1v) is 11.6. The van der Waals surface area contributed by atoms with Crippen molar-refractivity contribution >= 4 is 22.6 Å². The van der Waals surface area contributed by atoms with Gasteiger partial charge in [0.15, 0.2) is 5.82 Å². The zero-order valence-electron chi connectivity index (χ0n) is 19.3. The van der Waals surface area contributed by atoms with Gasteiger partial charge >= 0.3 is 0 Å². The van der Waals surface area contributed by atoms with E-state index in [-0.39, 0.29) is 5.91 Å². The fourth-order valence-electron chi connectivity index (χ4n) is 4.33. The molecular weight excluding hydrogens is 402 g/mol. The van der Waals surface area contributed by atoms with Crippen LogP contribution < -0.4 is 5.32 Å². The number of nitrogens with zero attached hydrogens (tertiary/aromatic N) is 6. The molecule has 4 rings (SSSR count). The highest BCUT2D eigenvalue weighted by Gasteiger charge is 2.17. The second kappa shape index (κ2) is 10.2. The van der Waals surface area contributed by atoms with E-state index in [4.69, 9.17) is 0 Å². The van der Waals surface area contributed by atoms with Crippen LogP contribution in [0.4, 0.5) is 5.82 Å². The summed E-state index contributed by atoms with van der Waals surface area (Å²) < 4.78 is 1.98. The van der Waals surface area contributed by atoms with Crippen LogP contribution in [0.1, 0.15) is 38.8 Å². The summed E-state index contributed by atoms with van der Waals surface area (Å²) in [5.74, 6) is 0.404. The molecule has 2 aromatic heterocycles. The van der Waals surface area contributed by atoms with Crippen molar-refractivity contribution in [2.75, 3.05) is 38.0 Å². The molecule has 3 heterocycles. The van der Waals surface area contributed by atoms with Crippen LogP contribution in [-0.4, -0.2) is 68.4 Å². The summed E-state index contributed by atoms with van der Waals surface area (Å²) >= 11 is 0. The lowest BCUT2D eigenvalue weighted by Crippen LogP contribution is -2.33. The number of nitrogens with one attached hydrogen (secondary N) is 1. The number of carbonyl (C=O) groups is 1. The molecular formula is C24H33N7O. The topological polar surface area (TPSA) is 79.2 Å². The Morgan fingerprint density at radius 1 is 1.09 bits per heavy atom. The van der Waals surface area contributed by atoms with Crippen molar-refractivity contribution < 1.29 is 4.79 Å². The van der Waals surface area contributed by atoms with Gasteiger partial charge < -0.3 is 5.32 Å². The summed E-state index contributed by atoms with van der Waals surface area (Å²) in [6.45, 7) is 9.32. The summed E-state index contributed by atoms with van der Waals surface area (Å²) in [6, 6.07) is 8.07. The Hall–Kier alpha value is -2.84. The van der Waals surface area contributed by atoms with Crippen LogP contribution in [0, 0.1) is 0 Å². The number of likely N-dealkylation sites (tertiary alicyclic amines) is 1. The lowest BCUT2D eigenvalue weighted by atomic mass is 10.0. The number of hydrogen-bond donors (Lipinski definition) is 1. The van der Waals surface area contributed by atoms with Gasteiger partial charge in [0.1, 0.15) is 0 Å². The predicted octanol–water partition coefficient (Wildman–Crippen LogP) is 3.30. The molecule has 0 aliphatic carbocycles. The molecule has 32 heavy (non-hydrogen) atoms. The van der Waals surface area contributed by atoms with Crippen molar-refractivity contribution in [1.29, 1.82) is 0 Å². The Kier molecular flexibility index (Phi) is 7.12. The molecule has 1 aliphatic rings. The van der Waals surface area contributed by atoms with Gasteiger partial charge in [-0.25, -0.2) is 0 Å². The van der Waals surface area contributed by atoms with E-state index in [1.165, 1.54) is 25.0 Å². The van der Waals surface area contributed by atoms with E-state index < -0.39 is 0 Å². The average molecular weight is 436 g/mol. The number of rotatable bonds is 8. The van der Waals surface area contributed by atoms with Gasteiger partial charge in [-0.3, -0.25) is 19.3 Å². The van der Waals surface area contributed by atoms with Crippen LogP contribution in [0.15, 0.2) is 30.5 Å². The van der Waals surface area contributed by atoms with Gasteiger partial charge in [-0.2, -0.15) is 5.10 Å². The summed E-state index contributed by atoms with van der Waals surface area (Å²) in [5, 5.41) is 16.9. The molecule has 1 aromatic carbocycles. The molecule has 0 bridgehead atoms. The molecule has 0 unspecified atom stereocenters. The highest BCUT2D eigenvalue weighted by Crippen LogP contribution is 2.28. The number of hydrogen-bond acceptors (Lipinski definition) is 6. The maximum absolute atomic E-state index is 12.4. The fraction of sp³-hybridized carbons (Fsp3) is 0.500. The normalized spacial score (nSPS) is 14.9. The van der Waals surface area contributed by atoms with Crippen LogP contribution in [0.2, 0.25) is 0 Å². The molecule has 1 amide bonds. The van der Waals surface area contributed by atoms with Crippen molar-refractivity contribution in [2.24, 2.45) is 7.05 Å². The second-order valence-corrected chi connectivity index (χ2v) is 8.48. The first-order valence-electron chi connectivity index (χ1n) is 11.6. The van der Waals surface area contributed by atoms with Gasteiger partial charge in [0.2, 0.25) is 5.91 Å². The zero-order valence-corrected chi connectivity index (χ0v) is 19.3. The number of carbonyl (C=O) groups excluding carboxylic acids is 1. The summed E-state index contributed by atoms with van der Waals surface area (Å²) in [4.78, 5) is 16.9. The minimum Gasteiger partial charge on any atom is -0.308 e. The number of anilines is 1. The lowest BCUT2D eigenvalue weighted by molar-refractivity contribution is -0.117. The molecule has 1 fully saturated rings. The van der Waals surface area contributed by atoms with Gasteiger partial charge in [0, 0.05) is 24.5 Å².